The quantitative estimate of drug-likeness (QED) is 0.598. The third-order valence-corrected chi connectivity index (χ3v) is 5.55. The second-order valence-electron chi connectivity index (χ2n) is 7.98. The lowest BCUT2D eigenvalue weighted by molar-refractivity contribution is -0.144. The van der Waals surface area contributed by atoms with E-state index in [1.807, 2.05) is 36.4 Å². The number of anilines is 1. The number of hydrogen-bond acceptors (Lipinski definition) is 4. The molecule has 3 aromatic rings. The number of hydrogen-bond donors (Lipinski definition) is 1. The standard InChI is InChI=1S/C24H21ClFN5O2/c1-16-10-19(9-8-18-6-4-3-5-7-18)11-27-22(16)29-23(33)21-20(25)12-28-31(21)15-24(26)13-30(14-24)17(2)32/h3-7,10-12H,13-15H2,1-2H3,(H,27,29,33). The summed E-state index contributed by atoms with van der Waals surface area (Å²) in [5, 5.41) is 6.86. The number of likely N-dealkylation sites (tertiary alicyclic amines) is 1. The maximum Gasteiger partial charge on any atom is 0.276 e. The van der Waals surface area contributed by atoms with Crippen LogP contribution >= 0.6 is 11.6 Å². The molecule has 1 aliphatic rings. The van der Waals surface area contributed by atoms with Crippen LogP contribution in [0.4, 0.5) is 10.2 Å². The summed E-state index contributed by atoms with van der Waals surface area (Å²) in [5.41, 5.74) is 0.673. The summed E-state index contributed by atoms with van der Waals surface area (Å²) in [7, 11) is 0. The summed E-state index contributed by atoms with van der Waals surface area (Å²) in [6, 6.07) is 11.4. The van der Waals surface area contributed by atoms with Crippen molar-refractivity contribution in [3.63, 3.8) is 0 Å². The molecule has 4 rings (SSSR count). The van der Waals surface area contributed by atoms with Gasteiger partial charge in [0.2, 0.25) is 5.91 Å². The molecule has 1 fully saturated rings. The molecule has 1 aromatic carbocycles. The van der Waals surface area contributed by atoms with E-state index in [9.17, 15) is 14.0 Å². The predicted octanol–water partition coefficient (Wildman–Crippen LogP) is 3.46. The molecule has 3 heterocycles. The fourth-order valence-corrected chi connectivity index (χ4v) is 3.77. The largest absolute Gasteiger partial charge is 0.336 e. The van der Waals surface area contributed by atoms with Crippen LogP contribution in [0.15, 0.2) is 48.8 Å². The van der Waals surface area contributed by atoms with E-state index in [1.165, 1.54) is 22.7 Å². The Morgan fingerprint density at radius 3 is 2.55 bits per heavy atom. The number of rotatable bonds is 4. The van der Waals surface area contributed by atoms with Crippen LogP contribution in [-0.4, -0.2) is 50.2 Å². The third kappa shape index (κ3) is 5.04. The van der Waals surface area contributed by atoms with Crippen molar-refractivity contribution >= 4 is 29.2 Å². The number of pyridine rings is 1. The zero-order valence-corrected chi connectivity index (χ0v) is 18.9. The number of alkyl halides is 1. The van der Waals surface area contributed by atoms with Crippen molar-refractivity contribution in [3.05, 3.63) is 76.2 Å². The average Bonchev–Trinajstić information content (AvgIpc) is 3.12. The molecular formula is C24H21ClFN5O2. The average molecular weight is 466 g/mol. The summed E-state index contributed by atoms with van der Waals surface area (Å²) in [5.74, 6) is 5.70. The molecule has 0 aliphatic carbocycles. The number of aryl methyl sites for hydroxylation is 1. The fraction of sp³-hybridized carbons (Fsp3) is 0.250. The van der Waals surface area contributed by atoms with Gasteiger partial charge in [-0.05, 0) is 30.7 Å². The van der Waals surface area contributed by atoms with Crippen LogP contribution in [-0.2, 0) is 11.3 Å². The van der Waals surface area contributed by atoms with Crippen molar-refractivity contribution in [1.29, 1.82) is 0 Å². The summed E-state index contributed by atoms with van der Waals surface area (Å²) in [4.78, 5) is 30.0. The van der Waals surface area contributed by atoms with Gasteiger partial charge in [-0.25, -0.2) is 9.37 Å². The topological polar surface area (TPSA) is 80.1 Å². The first-order valence-corrected chi connectivity index (χ1v) is 10.6. The van der Waals surface area contributed by atoms with E-state index in [2.05, 4.69) is 27.2 Å². The van der Waals surface area contributed by atoms with Gasteiger partial charge in [-0.3, -0.25) is 14.3 Å². The van der Waals surface area contributed by atoms with Gasteiger partial charge in [-0.15, -0.1) is 0 Å². The zero-order valence-electron chi connectivity index (χ0n) is 18.1. The zero-order chi connectivity index (χ0) is 23.6. The molecule has 1 aliphatic heterocycles. The first kappa shape index (κ1) is 22.5. The molecule has 33 heavy (non-hydrogen) atoms. The van der Waals surface area contributed by atoms with E-state index >= 15 is 0 Å². The van der Waals surface area contributed by atoms with Crippen LogP contribution in [0.3, 0.4) is 0 Å². The number of aromatic nitrogens is 3. The Bertz CT molecular complexity index is 1270. The maximum absolute atomic E-state index is 14.9. The van der Waals surface area contributed by atoms with Crippen molar-refractivity contribution < 1.29 is 14.0 Å². The Balaban J connectivity index is 1.47. The van der Waals surface area contributed by atoms with Gasteiger partial charge in [0.15, 0.2) is 5.67 Å². The fourth-order valence-electron chi connectivity index (χ4n) is 3.54. The van der Waals surface area contributed by atoms with Gasteiger partial charge in [-0.1, -0.05) is 41.6 Å². The molecule has 2 aromatic heterocycles. The number of carbonyl (C=O) groups is 2. The molecule has 0 bridgehead atoms. The number of benzene rings is 1. The molecule has 1 N–H and O–H groups in total. The first-order chi connectivity index (χ1) is 15.7. The molecule has 0 unspecified atom stereocenters. The van der Waals surface area contributed by atoms with Crippen LogP contribution < -0.4 is 5.32 Å². The van der Waals surface area contributed by atoms with Crippen molar-refractivity contribution in [2.24, 2.45) is 0 Å². The summed E-state index contributed by atoms with van der Waals surface area (Å²) in [6.07, 6.45) is 2.86. The molecule has 2 amide bonds. The Morgan fingerprint density at radius 2 is 1.88 bits per heavy atom. The Morgan fingerprint density at radius 1 is 1.18 bits per heavy atom. The molecule has 0 atom stereocenters. The predicted molar refractivity (Wildman–Crippen MR) is 123 cm³/mol. The molecule has 0 radical (unpaired) electrons. The molecule has 7 nitrogen and oxygen atoms in total. The van der Waals surface area contributed by atoms with Crippen LogP contribution in [0.5, 0.6) is 0 Å². The smallest absolute Gasteiger partial charge is 0.276 e. The van der Waals surface area contributed by atoms with E-state index in [1.54, 1.807) is 13.1 Å². The van der Waals surface area contributed by atoms with Gasteiger partial charge in [0.25, 0.3) is 5.91 Å². The van der Waals surface area contributed by atoms with Gasteiger partial charge in [-0.2, -0.15) is 5.10 Å². The monoisotopic (exact) mass is 465 g/mol. The second-order valence-corrected chi connectivity index (χ2v) is 8.39. The number of nitrogens with zero attached hydrogens (tertiary/aromatic N) is 4. The number of amides is 2. The van der Waals surface area contributed by atoms with Gasteiger partial charge < -0.3 is 10.2 Å². The van der Waals surface area contributed by atoms with Crippen molar-refractivity contribution in [1.82, 2.24) is 19.7 Å². The normalized spacial score (nSPS) is 14.1. The lowest BCUT2D eigenvalue weighted by Crippen LogP contribution is -2.62. The van der Waals surface area contributed by atoms with E-state index in [0.717, 1.165) is 5.56 Å². The van der Waals surface area contributed by atoms with Gasteiger partial charge >= 0.3 is 0 Å². The highest BCUT2D eigenvalue weighted by atomic mass is 35.5. The van der Waals surface area contributed by atoms with Crippen molar-refractivity contribution in [2.75, 3.05) is 18.4 Å². The van der Waals surface area contributed by atoms with Gasteiger partial charge in [0.1, 0.15) is 11.5 Å². The van der Waals surface area contributed by atoms with Crippen LogP contribution in [0.25, 0.3) is 0 Å². The van der Waals surface area contributed by atoms with Crippen LogP contribution in [0.1, 0.15) is 34.1 Å². The van der Waals surface area contributed by atoms with E-state index in [-0.39, 0.29) is 36.3 Å². The minimum atomic E-state index is -1.66. The molecule has 9 heteroatoms. The highest BCUT2D eigenvalue weighted by molar-refractivity contribution is 6.34. The van der Waals surface area contributed by atoms with Crippen LogP contribution in [0, 0.1) is 18.8 Å². The number of carbonyl (C=O) groups excluding carboxylic acids is 2. The van der Waals surface area contributed by atoms with Gasteiger partial charge in [0, 0.05) is 24.2 Å². The van der Waals surface area contributed by atoms with Crippen molar-refractivity contribution in [3.8, 4) is 11.8 Å². The van der Waals surface area contributed by atoms with E-state index < -0.39 is 11.6 Å². The molecule has 0 saturated carbocycles. The minimum absolute atomic E-state index is 0.0316. The Kier molecular flexibility index (Phi) is 6.16. The van der Waals surface area contributed by atoms with E-state index in [0.29, 0.717) is 16.9 Å². The Labute approximate surface area is 195 Å². The molecule has 0 spiro atoms. The summed E-state index contributed by atoms with van der Waals surface area (Å²) in [6.45, 7) is 2.90. The number of halogens is 2. The second kappa shape index (κ2) is 9.04. The summed E-state index contributed by atoms with van der Waals surface area (Å²) >= 11 is 6.17. The highest BCUT2D eigenvalue weighted by Crippen LogP contribution is 2.29. The minimum Gasteiger partial charge on any atom is -0.336 e. The lowest BCUT2D eigenvalue weighted by Gasteiger charge is -2.43. The van der Waals surface area contributed by atoms with Gasteiger partial charge in [0.05, 0.1) is 30.9 Å². The maximum atomic E-state index is 14.9. The molecular weight excluding hydrogens is 445 g/mol. The third-order valence-electron chi connectivity index (χ3n) is 5.27. The SMILES string of the molecule is CC(=O)N1CC(F)(Cn2ncc(Cl)c2C(=O)Nc2ncc(C#Cc3ccccc3)cc2C)C1. The molecule has 168 valence electrons. The molecule has 1 saturated heterocycles. The lowest BCUT2D eigenvalue weighted by atomic mass is 9.96. The van der Waals surface area contributed by atoms with E-state index in [4.69, 9.17) is 11.6 Å². The number of nitrogens with one attached hydrogen (secondary N) is 1. The van der Waals surface area contributed by atoms with Crippen LogP contribution in [0.2, 0.25) is 5.02 Å². The van der Waals surface area contributed by atoms with Crippen molar-refractivity contribution in [2.45, 2.75) is 26.1 Å². The highest BCUT2D eigenvalue weighted by Gasteiger charge is 2.46. The first-order valence-electron chi connectivity index (χ1n) is 10.2. The Hall–Kier alpha value is -3.70. The summed E-state index contributed by atoms with van der Waals surface area (Å²) < 4.78 is 16.2.